The number of nitrogens with one attached hydrogen (secondary N) is 1. The van der Waals surface area contributed by atoms with Gasteiger partial charge in [0.2, 0.25) is 11.8 Å². The highest BCUT2D eigenvalue weighted by Crippen LogP contribution is 1.88. The van der Waals surface area contributed by atoms with Gasteiger partial charge in [-0.05, 0) is 6.42 Å². The molecule has 6 nitrogen and oxygen atoms in total. The zero-order valence-electron chi connectivity index (χ0n) is 8.69. The third-order valence-electron chi connectivity index (χ3n) is 1.67. The molecule has 0 rings (SSSR count). The van der Waals surface area contributed by atoms with E-state index in [2.05, 4.69) is 5.32 Å². The highest BCUT2D eigenvalue weighted by molar-refractivity contribution is 7.84. The van der Waals surface area contributed by atoms with Gasteiger partial charge in [-0.2, -0.15) is 0 Å². The summed E-state index contributed by atoms with van der Waals surface area (Å²) in [7, 11) is -0.857. The Bertz CT molecular complexity index is 258. The van der Waals surface area contributed by atoms with Crippen LogP contribution >= 0.6 is 0 Å². The molecular weight excluding hydrogens is 218 g/mol. The van der Waals surface area contributed by atoms with E-state index in [1.54, 1.807) is 6.26 Å². The third-order valence-corrected chi connectivity index (χ3v) is 2.53. The van der Waals surface area contributed by atoms with Crippen molar-refractivity contribution in [3.8, 4) is 0 Å². The van der Waals surface area contributed by atoms with E-state index in [4.69, 9.17) is 11.5 Å². The maximum atomic E-state index is 11.2. The van der Waals surface area contributed by atoms with Crippen molar-refractivity contribution < 1.29 is 13.8 Å². The van der Waals surface area contributed by atoms with Crippen molar-refractivity contribution in [1.29, 1.82) is 0 Å². The summed E-state index contributed by atoms with van der Waals surface area (Å²) < 4.78 is 10.7. The molecule has 2 atom stereocenters. The number of hydrogen-bond acceptors (Lipinski definition) is 4. The highest BCUT2D eigenvalue weighted by atomic mass is 32.2. The molecular formula is C8H17N3O3S. The molecule has 0 aliphatic heterocycles. The lowest BCUT2D eigenvalue weighted by Crippen LogP contribution is -2.43. The summed E-state index contributed by atoms with van der Waals surface area (Å²) in [6, 6.07) is -0.894. The van der Waals surface area contributed by atoms with E-state index in [0.717, 1.165) is 0 Å². The van der Waals surface area contributed by atoms with Crippen molar-refractivity contribution in [3.05, 3.63) is 0 Å². The van der Waals surface area contributed by atoms with Gasteiger partial charge in [0.25, 0.3) is 0 Å². The number of carbonyl (C=O) groups is 2. The maximum absolute atomic E-state index is 11.2. The SMILES string of the molecule is CS(=O)CCCNC(=O)C(N)CC(N)=O. The Hall–Kier alpha value is -0.950. The molecule has 0 bridgehead atoms. The molecule has 0 saturated carbocycles. The molecule has 0 aromatic heterocycles. The second kappa shape index (κ2) is 7.36. The normalized spacial score (nSPS) is 14.3. The largest absolute Gasteiger partial charge is 0.370 e. The van der Waals surface area contributed by atoms with Gasteiger partial charge in [-0.15, -0.1) is 0 Å². The van der Waals surface area contributed by atoms with Crippen LogP contribution in [0.15, 0.2) is 0 Å². The Morgan fingerprint density at radius 1 is 1.47 bits per heavy atom. The van der Waals surface area contributed by atoms with Crippen LogP contribution in [0, 0.1) is 0 Å². The monoisotopic (exact) mass is 235 g/mol. The van der Waals surface area contributed by atoms with Gasteiger partial charge < -0.3 is 16.8 Å². The quantitative estimate of drug-likeness (QED) is 0.446. The van der Waals surface area contributed by atoms with Gasteiger partial charge >= 0.3 is 0 Å². The van der Waals surface area contributed by atoms with Crippen LogP contribution in [0.3, 0.4) is 0 Å². The van der Waals surface area contributed by atoms with Crippen molar-refractivity contribution >= 4 is 22.6 Å². The molecule has 0 aromatic rings. The summed E-state index contributed by atoms with van der Waals surface area (Å²) in [6.45, 7) is 0.408. The molecule has 88 valence electrons. The van der Waals surface area contributed by atoms with Gasteiger partial charge in [0.15, 0.2) is 0 Å². The standard InChI is InChI=1S/C8H17N3O3S/c1-15(14)4-2-3-11-8(13)6(9)5-7(10)12/h6H,2-5,9H2,1H3,(H2,10,12)(H,11,13). The van der Waals surface area contributed by atoms with Crippen LogP contribution in [0.5, 0.6) is 0 Å². The summed E-state index contributed by atoms with van der Waals surface area (Å²) in [5, 5.41) is 2.54. The maximum Gasteiger partial charge on any atom is 0.237 e. The van der Waals surface area contributed by atoms with E-state index in [1.807, 2.05) is 0 Å². The Balaban J connectivity index is 3.64. The lowest BCUT2D eigenvalue weighted by molar-refractivity contribution is -0.126. The van der Waals surface area contributed by atoms with Crippen LogP contribution in [0.4, 0.5) is 0 Å². The molecule has 0 spiro atoms. The first-order valence-electron chi connectivity index (χ1n) is 4.55. The second-order valence-electron chi connectivity index (χ2n) is 3.20. The molecule has 0 fully saturated rings. The van der Waals surface area contributed by atoms with Gasteiger partial charge in [0.1, 0.15) is 0 Å². The number of carbonyl (C=O) groups excluding carboxylic acids is 2. The number of nitrogens with two attached hydrogens (primary N) is 2. The summed E-state index contributed by atoms with van der Waals surface area (Å²) in [4.78, 5) is 21.7. The van der Waals surface area contributed by atoms with Crippen molar-refractivity contribution in [2.45, 2.75) is 18.9 Å². The molecule has 7 heteroatoms. The summed E-state index contributed by atoms with van der Waals surface area (Å²) in [5.41, 5.74) is 10.3. The van der Waals surface area contributed by atoms with Gasteiger partial charge in [-0.1, -0.05) is 0 Å². The summed E-state index contributed by atoms with van der Waals surface area (Å²) in [6.07, 6.45) is 2.06. The van der Waals surface area contributed by atoms with Crippen LogP contribution in [-0.2, 0) is 20.4 Å². The minimum Gasteiger partial charge on any atom is -0.370 e. The van der Waals surface area contributed by atoms with Crippen LogP contribution in [0.2, 0.25) is 0 Å². The zero-order chi connectivity index (χ0) is 11.8. The molecule has 5 N–H and O–H groups in total. The Morgan fingerprint density at radius 3 is 2.53 bits per heavy atom. The van der Waals surface area contributed by atoms with Gasteiger partial charge in [-0.25, -0.2) is 0 Å². The van der Waals surface area contributed by atoms with E-state index >= 15 is 0 Å². The van der Waals surface area contributed by atoms with Crippen molar-refractivity contribution in [2.24, 2.45) is 11.5 Å². The topological polar surface area (TPSA) is 115 Å². The average Bonchev–Trinajstić information content (AvgIpc) is 2.10. The van der Waals surface area contributed by atoms with E-state index < -0.39 is 28.7 Å². The lowest BCUT2D eigenvalue weighted by Gasteiger charge is -2.09. The minimum atomic E-state index is -0.894. The molecule has 2 unspecified atom stereocenters. The van der Waals surface area contributed by atoms with E-state index in [1.165, 1.54) is 0 Å². The number of amides is 2. The first kappa shape index (κ1) is 14.1. The molecule has 0 aromatic carbocycles. The minimum absolute atomic E-state index is 0.161. The van der Waals surface area contributed by atoms with Crippen LogP contribution < -0.4 is 16.8 Å². The molecule has 0 saturated heterocycles. The molecule has 0 radical (unpaired) electrons. The van der Waals surface area contributed by atoms with Gasteiger partial charge in [0.05, 0.1) is 12.5 Å². The van der Waals surface area contributed by atoms with Crippen molar-refractivity contribution in [1.82, 2.24) is 5.32 Å². The fourth-order valence-corrected chi connectivity index (χ4v) is 1.48. The van der Waals surface area contributed by atoms with Crippen LogP contribution in [0.25, 0.3) is 0 Å². The smallest absolute Gasteiger partial charge is 0.237 e. The van der Waals surface area contributed by atoms with Crippen LogP contribution in [-0.4, -0.2) is 40.6 Å². The fourth-order valence-electron chi connectivity index (χ4n) is 0.928. The molecule has 0 aliphatic carbocycles. The first-order valence-corrected chi connectivity index (χ1v) is 6.28. The number of hydrogen-bond donors (Lipinski definition) is 3. The molecule has 0 aliphatic rings. The predicted octanol–water partition coefficient (Wildman–Crippen LogP) is -1.93. The first-order chi connectivity index (χ1) is 6.93. The summed E-state index contributed by atoms with van der Waals surface area (Å²) in [5.74, 6) is -0.478. The number of primary amides is 1. The van der Waals surface area contributed by atoms with E-state index in [0.29, 0.717) is 18.7 Å². The lowest BCUT2D eigenvalue weighted by atomic mass is 10.2. The predicted molar refractivity (Wildman–Crippen MR) is 58.3 cm³/mol. The fraction of sp³-hybridized carbons (Fsp3) is 0.750. The zero-order valence-corrected chi connectivity index (χ0v) is 9.51. The Labute approximate surface area is 91.2 Å². The Kier molecular flexibility index (Phi) is 6.89. The van der Waals surface area contributed by atoms with E-state index in [-0.39, 0.29) is 6.42 Å². The van der Waals surface area contributed by atoms with Gasteiger partial charge in [-0.3, -0.25) is 13.8 Å². The summed E-state index contributed by atoms with van der Waals surface area (Å²) >= 11 is 0. The number of rotatable bonds is 7. The van der Waals surface area contributed by atoms with Gasteiger partial charge in [0, 0.05) is 29.4 Å². The Morgan fingerprint density at radius 2 is 2.07 bits per heavy atom. The molecule has 15 heavy (non-hydrogen) atoms. The third kappa shape index (κ3) is 8.07. The van der Waals surface area contributed by atoms with Crippen molar-refractivity contribution in [3.63, 3.8) is 0 Å². The van der Waals surface area contributed by atoms with Crippen molar-refractivity contribution in [2.75, 3.05) is 18.6 Å². The molecule has 0 heterocycles. The van der Waals surface area contributed by atoms with Crippen LogP contribution in [0.1, 0.15) is 12.8 Å². The second-order valence-corrected chi connectivity index (χ2v) is 4.75. The average molecular weight is 235 g/mol. The van der Waals surface area contributed by atoms with E-state index in [9.17, 15) is 13.8 Å². The molecule has 2 amide bonds. The highest BCUT2D eigenvalue weighted by Gasteiger charge is 2.14.